The fourth-order valence-electron chi connectivity index (χ4n) is 11.8. The first kappa shape index (κ1) is 33.8. The quantitative estimate of drug-likeness (QED) is 0.178. The molecule has 0 fully saturated rings. The number of hydrogen-bond donors (Lipinski definition) is 0. The van der Waals surface area contributed by atoms with Crippen molar-refractivity contribution in [3.05, 3.63) is 245 Å². The smallest absolute Gasteiger partial charge is 0.159 e. The van der Waals surface area contributed by atoms with Gasteiger partial charge in [-0.15, -0.1) is 0 Å². The molecule has 0 saturated heterocycles. The molecule has 1 aromatic heterocycles. The monoisotopic (exact) mass is 767 g/mol. The lowest BCUT2D eigenvalue weighted by Gasteiger charge is -2.37. The van der Waals surface area contributed by atoms with Crippen LogP contribution in [-0.4, -0.2) is 0 Å². The van der Waals surface area contributed by atoms with Crippen molar-refractivity contribution < 1.29 is 4.42 Å². The summed E-state index contributed by atoms with van der Waals surface area (Å²) < 4.78 is 6.87. The highest BCUT2D eigenvalue weighted by Crippen LogP contribution is 2.62. The van der Waals surface area contributed by atoms with Gasteiger partial charge in [-0.1, -0.05) is 178 Å². The number of rotatable bonds is 3. The molecule has 0 N–H and O–H groups in total. The second-order valence-corrected chi connectivity index (χ2v) is 17.5. The Morgan fingerprint density at radius 2 is 0.967 bits per heavy atom. The summed E-state index contributed by atoms with van der Waals surface area (Å²) in [4.78, 5) is 2.47. The topological polar surface area (TPSA) is 16.4 Å². The number of nitrogens with zero attached hydrogens (tertiary/aromatic N) is 1. The van der Waals surface area contributed by atoms with Gasteiger partial charge in [0.2, 0.25) is 0 Å². The molecule has 4 aliphatic rings. The van der Waals surface area contributed by atoms with Crippen LogP contribution in [-0.2, 0) is 10.8 Å². The molecule has 4 aliphatic carbocycles. The third kappa shape index (κ3) is 4.33. The highest BCUT2D eigenvalue weighted by Gasteiger charge is 2.51. The van der Waals surface area contributed by atoms with Crippen LogP contribution in [0.4, 0.5) is 17.1 Å². The van der Waals surface area contributed by atoms with Crippen molar-refractivity contribution in [2.75, 3.05) is 4.90 Å². The van der Waals surface area contributed by atoms with E-state index in [1.54, 1.807) is 0 Å². The van der Waals surface area contributed by atoms with Crippen molar-refractivity contribution in [2.45, 2.75) is 36.5 Å². The second kappa shape index (κ2) is 12.2. The summed E-state index contributed by atoms with van der Waals surface area (Å²) in [6, 6.07) is 66.0. The average Bonchev–Trinajstić information content (AvgIpc) is 3.88. The molecule has 1 heterocycles. The Kier molecular flexibility index (Phi) is 6.86. The highest BCUT2D eigenvalue weighted by molar-refractivity contribution is 6.10. The van der Waals surface area contributed by atoms with E-state index in [2.05, 4.69) is 219 Å². The van der Waals surface area contributed by atoms with Gasteiger partial charge in [-0.3, -0.25) is 0 Å². The van der Waals surface area contributed by atoms with E-state index < -0.39 is 5.41 Å². The zero-order valence-electron chi connectivity index (χ0n) is 33.6. The number of furan rings is 1. The normalized spacial score (nSPS) is 18.0. The lowest BCUT2D eigenvalue weighted by atomic mass is 9.66. The average molecular weight is 768 g/mol. The van der Waals surface area contributed by atoms with Gasteiger partial charge in [-0.2, -0.15) is 0 Å². The number of para-hydroxylation sites is 2. The summed E-state index contributed by atoms with van der Waals surface area (Å²) in [5, 5.41) is 2.24. The van der Waals surface area contributed by atoms with Gasteiger partial charge < -0.3 is 9.32 Å². The van der Waals surface area contributed by atoms with E-state index in [1.807, 2.05) is 0 Å². The van der Waals surface area contributed by atoms with Crippen LogP contribution in [0.3, 0.4) is 0 Å². The van der Waals surface area contributed by atoms with Gasteiger partial charge in [0.25, 0.3) is 0 Å². The number of hydrogen-bond acceptors (Lipinski definition) is 2. The first-order valence-corrected chi connectivity index (χ1v) is 21.3. The molecule has 0 aliphatic heterocycles. The van der Waals surface area contributed by atoms with E-state index in [0.29, 0.717) is 0 Å². The maximum atomic E-state index is 6.87. The molecule has 8 aromatic carbocycles. The molecule has 2 heteroatoms. The van der Waals surface area contributed by atoms with E-state index in [0.717, 1.165) is 39.0 Å². The van der Waals surface area contributed by atoms with Crippen molar-refractivity contribution in [3.63, 3.8) is 0 Å². The van der Waals surface area contributed by atoms with Gasteiger partial charge in [-0.25, -0.2) is 0 Å². The number of fused-ring (bicyclic) bond motifs is 18. The molecule has 284 valence electrons. The molecule has 0 bridgehead atoms. The standard InChI is InChI=1S/C58H41NO/c1-57(2)48-24-10-5-19-41(48)45-33-31-36(34-52(45)57)59(54-28-15-23-47-46-22-9-14-29-55(46)60-56(47)54)37-30-32-44-39-17-4-3-16-38(39)40-18-6-11-25-49(40)58(53(44)35-37)50-26-12-7-20-42(50)43-21-8-13-27-51(43)58/h3-35,38-39H,1-2H3. The Morgan fingerprint density at radius 1 is 0.433 bits per heavy atom. The van der Waals surface area contributed by atoms with Crippen molar-refractivity contribution in [1.29, 1.82) is 0 Å². The van der Waals surface area contributed by atoms with Gasteiger partial charge in [-0.05, 0) is 103 Å². The number of benzene rings is 8. The third-order valence-corrected chi connectivity index (χ3v) is 14.3. The molecule has 60 heavy (non-hydrogen) atoms. The van der Waals surface area contributed by atoms with E-state index in [4.69, 9.17) is 4.42 Å². The van der Waals surface area contributed by atoms with Crippen LogP contribution in [0.25, 0.3) is 44.2 Å². The van der Waals surface area contributed by atoms with Crippen molar-refractivity contribution in [3.8, 4) is 22.3 Å². The molecule has 9 aromatic rings. The summed E-state index contributed by atoms with van der Waals surface area (Å²) >= 11 is 0. The molecular weight excluding hydrogens is 727 g/mol. The molecule has 2 nitrogen and oxygen atoms in total. The number of allylic oxidation sites excluding steroid dienone is 4. The molecule has 0 amide bonds. The van der Waals surface area contributed by atoms with Crippen LogP contribution in [0.1, 0.15) is 70.2 Å². The zero-order chi connectivity index (χ0) is 39.7. The Balaban J connectivity index is 1.14. The maximum Gasteiger partial charge on any atom is 0.159 e. The minimum Gasteiger partial charge on any atom is -0.454 e. The summed E-state index contributed by atoms with van der Waals surface area (Å²) in [6.07, 6.45) is 9.34. The van der Waals surface area contributed by atoms with E-state index in [1.165, 1.54) is 66.8 Å². The van der Waals surface area contributed by atoms with E-state index in [-0.39, 0.29) is 17.3 Å². The van der Waals surface area contributed by atoms with Gasteiger partial charge in [0.15, 0.2) is 5.58 Å². The SMILES string of the molecule is CC1(C)c2ccccc2-c2ccc(N(c3ccc4c(c3)C3(c5ccccc5-c5ccccc53)c3ccccc3C3C=CC=CC43)c3cccc4c3oc3ccccc34)cc21. The number of anilines is 3. The van der Waals surface area contributed by atoms with Crippen molar-refractivity contribution in [2.24, 2.45) is 0 Å². The van der Waals surface area contributed by atoms with E-state index in [9.17, 15) is 0 Å². The molecule has 0 radical (unpaired) electrons. The Hall–Kier alpha value is -7.16. The summed E-state index contributed by atoms with van der Waals surface area (Å²) in [6.45, 7) is 4.74. The molecule has 0 saturated carbocycles. The van der Waals surface area contributed by atoms with Crippen LogP contribution < -0.4 is 4.90 Å². The lowest BCUT2D eigenvalue weighted by molar-refractivity contribution is 0.660. The van der Waals surface area contributed by atoms with Gasteiger partial charge in [0, 0.05) is 39.4 Å². The van der Waals surface area contributed by atoms with Crippen LogP contribution in [0.15, 0.2) is 205 Å². The minimum absolute atomic E-state index is 0.159. The summed E-state index contributed by atoms with van der Waals surface area (Å²) in [5.41, 5.74) is 20.4. The fourth-order valence-corrected chi connectivity index (χ4v) is 11.8. The zero-order valence-corrected chi connectivity index (χ0v) is 33.6. The van der Waals surface area contributed by atoms with Crippen molar-refractivity contribution >= 4 is 39.0 Å². The largest absolute Gasteiger partial charge is 0.454 e. The fraction of sp³-hybridized carbons (Fsp3) is 0.103. The van der Waals surface area contributed by atoms with Gasteiger partial charge in [0.05, 0.1) is 11.1 Å². The molecular formula is C58H41NO. The predicted octanol–water partition coefficient (Wildman–Crippen LogP) is 15.0. The molecule has 2 atom stereocenters. The summed E-state index contributed by atoms with van der Waals surface area (Å²) in [5.74, 6) is 0.377. The van der Waals surface area contributed by atoms with Crippen LogP contribution in [0.5, 0.6) is 0 Å². The lowest BCUT2D eigenvalue weighted by Crippen LogP contribution is -2.30. The molecule has 2 unspecified atom stereocenters. The Morgan fingerprint density at radius 3 is 1.70 bits per heavy atom. The summed E-state index contributed by atoms with van der Waals surface area (Å²) in [7, 11) is 0. The van der Waals surface area contributed by atoms with Crippen LogP contribution >= 0.6 is 0 Å². The van der Waals surface area contributed by atoms with Crippen molar-refractivity contribution in [1.82, 2.24) is 0 Å². The second-order valence-electron chi connectivity index (χ2n) is 17.5. The Labute approximate surface area is 350 Å². The first-order valence-electron chi connectivity index (χ1n) is 21.3. The molecule has 1 spiro atoms. The maximum absolute atomic E-state index is 6.87. The highest BCUT2D eigenvalue weighted by atomic mass is 16.3. The van der Waals surface area contributed by atoms with Gasteiger partial charge >= 0.3 is 0 Å². The third-order valence-electron chi connectivity index (χ3n) is 14.3. The predicted molar refractivity (Wildman–Crippen MR) is 247 cm³/mol. The van der Waals surface area contributed by atoms with E-state index >= 15 is 0 Å². The van der Waals surface area contributed by atoms with Crippen LogP contribution in [0, 0.1) is 0 Å². The van der Waals surface area contributed by atoms with Gasteiger partial charge in [0.1, 0.15) is 5.58 Å². The first-order chi connectivity index (χ1) is 29.5. The van der Waals surface area contributed by atoms with Crippen LogP contribution in [0.2, 0.25) is 0 Å². The molecule has 13 rings (SSSR count). The minimum atomic E-state index is -0.549. The Bertz CT molecular complexity index is 3290.